The number of rotatable bonds is 7. The van der Waals surface area contributed by atoms with Crippen LogP contribution in [0.15, 0.2) is 29.2 Å². The molecule has 0 saturated heterocycles. The second-order valence-corrected chi connectivity index (χ2v) is 5.95. The molecule has 1 fully saturated rings. The van der Waals surface area contributed by atoms with E-state index in [-0.39, 0.29) is 11.7 Å². The van der Waals surface area contributed by atoms with E-state index in [1.54, 1.807) is 23.9 Å². The van der Waals surface area contributed by atoms with Gasteiger partial charge in [0.1, 0.15) is 5.82 Å². The largest absolute Gasteiger partial charge is 0.339 e. The SMILES string of the molecule is N#CCCN(C(=O)CCSc1ccc(F)cc1)C1CC1. The molecule has 5 heteroatoms. The van der Waals surface area contributed by atoms with E-state index in [2.05, 4.69) is 6.07 Å². The van der Waals surface area contributed by atoms with E-state index in [0.29, 0.717) is 31.2 Å². The van der Waals surface area contributed by atoms with Gasteiger partial charge in [-0.2, -0.15) is 5.26 Å². The molecule has 0 heterocycles. The van der Waals surface area contributed by atoms with Crippen molar-refractivity contribution in [3.05, 3.63) is 30.1 Å². The number of amides is 1. The van der Waals surface area contributed by atoms with Gasteiger partial charge >= 0.3 is 0 Å². The summed E-state index contributed by atoms with van der Waals surface area (Å²) < 4.78 is 12.8. The average molecular weight is 292 g/mol. The quantitative estimate of drug-likeness (QED) is 0.725. The van der Waals surface area contributed by atoms with E-state index < -0.39 is 0 Å². The van der Waals surface area contributed by atoms with Gasteiger partial charge in [-0.15, -0.1) is 11.8 Å². The molecule has 1 aromatic rings. The van der Waals surface area contributed by atoms with Gasteiger partial charge in [0.05, 0.1) is 12.5 Å². The Bertz CT molecular complexity index is 494. The van der Waals surface area contributed by atoms with E-state index in [4.69, 9.17) is 5.26 Å². The smallest absolute Gasteiger partial charge is 0.223 e. The number of thioether (sulfide) groups is 1. The van der Waals surface area contributed by atoms with Crippen molar-refractivity contribution in [3.8, 4) is 6.07 Å². The summed E-state index contributed by atoms with van der Waals surface area (Å²) in [5, 5.41) is 8.62. The van der Waals surface area contributed by atoms with Gasteiger partial charge in [-0.05, 0) is 37.1 Å². The number of carbonyl (C=O) groups excluding carboxylic acids is 1. The van der Waals surface area contributed by atoms with Crippen LogP contribution < -0.4 is 0 Å². The lowest BCUT2D eigenvalue weighted by molar-refractivity contribution is -0.131. The standard InChI is InChI=1S/C15H17FN2OS/c16-12-2-6-14(7-3-12)20-11-8-15(19)18(10-1-9-17)13-4-5-13/h2-3,6-7,13H,1,4-5,8,10-11H2. The zero-order chi connectivity index (χ0) is 14.4. The molecule has 0 atom stereocenters. The minimum Gasteiger partial charge on any atom is -0.339 e. The van der Waals surface area contributed by atoms with Gasteiger partial charge in [-0.25, -0.2) is 4.39 Å². The predicted molar refractivity (Wildman–Crippen MR) is 76.7 cm³/mol. The molecule has 2 rings (SSSR count). The molecule has 1 aliphatic rings. The van der Waals surface area contributed by atoms with Crippen LogP contribution in [0.3, 0.4) is 0 Å². The maximum atomic E-state index is 12.8. The third kappa shape index (κ3) is 4.53. The predicted octanol–water partition coefficient (Wildman–Crippen LogP) is 3.21. The second-order valence-electron chi connectivity index (χ2n) is 4.78. The molecule has 3 nitrogen and oxygen atoms in total. The molecule has 1 amide bonds. The Labute approximate surface area is 122 Å². The number of benzene rings is 1. The van der Waals surface area contributed by atoms with Crippen molar-refractivity contribution in [1.82, 2.24) is 4.90 Å². The van der Waals surface area contributed by atoms with Crippen molar-refractivity contribution >= 4 is 17.7 Å². The van der Waals surface area contributed by atoms with Crippen LogP contribution >= 0.6 is 11.8 Å². The minimum atomic E-state index is -0.248. The zero-order valence-corrected chi connectivity index (χ0v) is 12.0. The first-order valence-corrected chi connectivity index (χ1v) is 7.74. The maximum absolute atomic E-state index is 12.8. The van der Waals surface area contributed by atoms with Gasteiger partial charge < -0.3 is 4.90 Å². The topological polar surface area (TPSA) is 44.1 Å². The first-order valence-electron chi connectivity index (χ1n) is 6.75. The normalized spacial score (nSPS) is 13.8. The van der Waals surface area contributed by atoms with Gasteiger partial charge in [-0.3, -0.25) is 4.79 Å². The molecule has 20 heavy (non-hydrogen) atoms. The fourth-order valence-corrected chi connectivity index (χ4v) is 2.84. The van der Waals surface area contributed by atoms with Crippen LogP contribution in [-0.4, -0.2) is 29.1 Å². The Morgan fingerprint density at radius 2 is 2.10 bits per heavy atom. The van der Waals surface area contributed by atoms with Gasteiger partial charge in [-0.1, -0.05) is 0 Å². The molecule has 0 N–H and O–H groups in total. The highest BCUT2D eigenvalue weighted by atomic mass is 32.2. The summed E-state index contributed by atoms with van der Waals surface area (Å²) in [6, 6.07) is 8.73. The van der Waals surface area contributed by atoms with Crippen LogP contribution in [0, 0.1) is 17.1 Å². The highest BCUT2D eigenvalue weighted by Crippen LogP contribution is 2.28. The fraction of sp³-hybridized carbons (Fsp3) is 0.467. The van der Waals surface area contributed by atoms with Crippen LogP contribution in [0.5, 0.6) is 0 Å². The Kier molecular flexibility index (Phi) is 5.42. The van der Waals surface area contributed by atoms with Crippen LogP contribution in [0.25, 0.3) is 0 Å². The molecule has 0 radical (unpaired) electrons. The first-order chi connectivity index (χ1) is 9.70. The Hall–Kier alpha value is -1.54. The highest BCUT2D eigenvalue weighted by molar-refractivity contribution is 7.99. The molecule has 106 valence electrons. The fourth-order valence-electron chi connectivity index (χ4n) is 2.00. The molecular weight excluding hydrogens is 275 g/mol. The lowest BCUT2D eigenvalue weighted by atomic mass is 10.3. The Morgan fingerprint density at radius 1 is 1.40 bits per heavy atom. The van der Waals surface area contributed by atoms with Crippen LogP contribution in [-0.2, 0) is 4.79 Å². The monoisotopic (exact) mass is 292 g/mol. The Balaban J connectivity index is 1.76. The number of carbonyl (C=O) groups is 1. The van der Waals surface area contributed by atoms with Gasteiger partial charge in [0.2, 0.25) is 5.91 Å². The van der Waals surface area contributed by atoms with Crippen molar-refractivity contribution < 1.29 is 9.18 Å². The number of nitrogens with zero attached hydrogens (tertiary/aromatic N) is 2. The molecule has 1 aromatic carbocycles. The highest BCUT2D eigenvalue weighted by Gasteiger charge is 2.31. The summed E-state index contributed by atoms with van der Waals surface area (Å²) in [6.45, 7) is 0.543. The summed E-state index contributed by atoms with van der Waals surface area (Å²) in [7, 11) is 0. The van der Waals surface area contributed by atoms with Crippen LogP contribution in [0.4, 0.5) is 4.39 Å². The van der Waals surface area contributed by atoms with Crippen molar-refractivity contribution in [1.29, 1.82) is 5.26 Å². The van der Waals surface area contributed by atoms with Crippen LogP contribution in [0.2, 0.25) is 0 Å². The lowest BCUT2D eigenvalue weighted by Gasteiger charge is -2.21. The summed E-state index contributed by atoms with van der Waals surface area (Å²) >= 11 is 1.55. The molecule has 1 saturated carbocycles. The van der Waals surface area contributed by atoms with Gasteiger partial charge in [0.15, 0.2) is 0 Å². The van der Waals surface area contributed by atoms with Crippen molar-refractivity contribution in [2.75, 3.05) is 12.3 Å². The molecule has 0 unspecified atom stereocenters. The summed E-state index contributed by atoms with van der Waals surface area (Å²) in [4.78, 5) is 14.9. The third-order valence-electron chi connectivity index (χ3n) is 3.17. The molecular formula is C15H17FN2OS. The maximum Gasteiger partial charge on any atom is 0.223 e. The number of hydrogen-bond donors (Lipinski definition) is 0. The average Bonchev–Trinajstić information content (AvgIpc) is 3.26. The number of hydrogen-bond acceptors (Lipinski definition) is 3. The summed E-state index contributed by atoms with van der Waals surface area (Å²) in [5.74, 6) is 0.555. The molecule has 1 aliphatic carbocycles. The van der Waals surface area contributed by atoms with Crippen LogP contribution in [0.1, 0.15) is 25.7 Å². The van der Waals surface area contributed by atoms with Crippen molar-refractivity contribution in [2.24, 2.45) is 0 Å². The van der Waals surface area contributed by atoms with Gasteiger partial charge in [0, 0.05) is 29.7 Å². The zero-order valence-electron chi connectivity index (χ0n) is 11.2. The second kappa shape index (κ2) is 7.30. The van der Waals surface area contributed by atoms with Gasteiger partial charge in [0.25, 0.3) is 0 Å². The number of nitriles is 1. The van der Waals surface area contributed by atoms with E-state index >= 15 is 0 Å². The summed E-state index contributed by atoms with van der Waals surface area (Å²) in [5.41, 5.74) is 0. The van der Waals surface area contributed by atoms with E-state index in [1.165, 1.54) is 12.1 Å². The Morgan fingerprint density at radius 3 is 2.70 bits per heavy atom. The molecule has 0 spiro atoms. The molecule has 0 bridgehead atoms. The molecule has 0 aliphatic heterocycles. The van der Waals surface area contributed by atoms with E-state index in [9.17, 15) is 9.18 Å². The third-order valence-corrected chi connectivity index (χ3v) is 4.18. The van der Waals surface area contributed by atoms with Crippen molar-refractivity contribution in [3.63, 3.8) is 0 Å². The molecule has 0 aromatic heterocycles. The van der Waals surface area contributed by atoms with E-state index in [0.717, 1.165) is 17.7 Å². The lowest BCUT2D eigenvalue weighted by Crippen LogP contribution is -2.34. The van der Waals surface area contributed by atoms with E-state index in [1.807, 2.05) is 4.90 Å². The minimum absolute atomic E-state index is 0.123. The first kappa shape index (κ1) is 14.9. The summed E-state index contributed by atoms with van der Waals surface area (Å²) in [6.07, 6.45) is 2.97. The van der Waals surface area contributed by atoms with Crippen molar-refractivity contribution in [2.45, 2.75) is 36.6 Å². The number of halogens is 1.